The summed E-state index contributed by atoms with van der Waals surface area (Å²) in [6.45, 7) is 6.73. The number of nitrogens with two attached hydrogens (primary N) is 1. The minimum atomic E-state index is -0.0183. The predicted molar refractivity (Wildman–Crippen MR) is 133 cm³/mol. The molecule has 0 fully saturated rings. The number of anilines is 1. The van der Waals surface area contributed by atoms with Gasteiger partial charge in [-0.1, -0.05) is 66.4 Å². The van der Waals surface area contributed by atoms with Gasteiger partial charge in [-0.15, -0.1) is 10.2 Å². The maximum atomic E-state index is 13.1. The molecule has 0 unspecified atom stereocenters. The van der Waals surface area contributed by atoms with Crippen molar-refractivity contribution < 1.29 is 9.53 Å². The molecule has 0 saturated carbocycles. The minimum absolute atomic E-state index is 0.0183. The number of carbonyl (C=O) groups is 1. The highest BCUT2D eigenvalue weighted by atomic mass is 32.2. The summed E-state index contributed by atoms with van der Waals surface area (Å²) < 4.78 is 7.33. The Bertz CT molecular complexity index is 1260. The molecule has 0 bridgehead atoms. The quantitative estimate of drug-likeness (QED) is 0.307. The first-order valence-corrected chi connectivity index (χ1v) is 11.8. The van der Waals surface area contributed by atoms with Crippen molar-refractivity contribution in [1.29, 1.82) is 0 Å². The Kier molecular flexibility index (Phi) is 6.84. The zero-order valence-electron chi connectivity index (χ0n) is 19.0. The van der Waals surface area contributed by atoms with E-state index < -0.39 is 0 Å². The van der Waals surface area contributed by atoms with Crippen LogP contribution in [0.5, 0.6) is 5.75 Å². The molecule has 1 aromatic heterocycles. The van der Waals surface area contributed by atoms with Crippen LogP contribution in [0, 0.1) is 13.8 Å². The Balaban J connectivity index is 1.43. The van der Waals surface area contributed by atoms with Crippen LogP contribution < -0.4 is 15.5 Å². The number of aryl methyl sites for hydroxylation is 2. The lowest BCUT2D eigenvalue weighted by Crippen LogP contribution is -2.32. The van der Waals surface area contributed by atoms with Crippen LogP contribution in [0.2, 0.25) is 0 Å². The lowest BCUT2D eigenvalue weighted by Gasteiger charge is -2.22. The van der Waals surface area contributed by atoms with Gasteiger partial charge in [0.2, 0.25) is 11.1 Å². The molecule has 3 aromatic carbocycles. The fourth-order valence-electron chi connectivity index (χ4n) is 3.80. The van der Waals surface area contributed by atoms with Crippen LogP contribution in [-0.2, 0) is 11.4 Å². The number of hydrogen-bond acceptors (Lipinski definition) is 6. The highest BCUT2D eigenvalue weighted by molar-refractivity contribution is 7.99. The number of amides is 1. The molecule has 170 valence electrons. The van der Waals surface area contributed by atoms with Crippen LogP contribution in [-0.4, -0.2) is 33.1 Å². The summed E-state index contributed by atoms with van der Waals surface area (Å²) in [5, 5.41) is 10.9. The molecule has 0 aliphatic carbocycles. The van der Waals surface area contributed by atoms with Gasteiger partial charge in [0.1, 0.15) is 12.4 Å². The number of benzene rings is 3. The summed E-state index contributed by atoms with van der Waals surface area (Å²) in [5.74, 6) is 7.68. The molecular weight excluding hydrogens is 434 g/mol. The zero-order chi connectivity index (χ0) is 23.4. The number of ether oxygens (including phenoxy) is 1. The second-order valence-corrected chi connectivity index (χ2v) is 8.65. The first-order chi connectivity index (χ1) is 16.0. The van der Waals surface area contributed by atoms with E-state index in [4.69, 9.17) is 10.6 Å². The molecule has 0 aliphatic rings. The molecule has 0 saturated heterocycles. The highest BCUT2D eigenvalue weighted by Gasteiger charge is 2.19. The van der Waals surface area contributed by atoms with Crippen molar-refractivity contribution >= 4 is 34.1 Å². The Hall–Kier alpha value is -3.52. The second-order valence-electron chi connectivity index (χ2n) is 7.70. The van der Waals surface area contributed by atoms with E-state index in [9.17, 15) is 4.79 Å². The van der Waals surface area contributed by atoms with Gasteiger partial charge in [-0.3, -0.25) is 4.79 Å². The van der Waals surface area contributed by atoms with E-state index in [1.165, 1.54) is 16.4 Å². The number of aromatic nitrogens is 3. The first-order valence-electron chi connectivity index (χ1n) is 10.8. The highest BCUT2D eigenvalue weighted by Crippen LogP contribution is 2.28. The van der Waals surface area contributed by atoms with Crippen molar-refractivity contribution in [1.82, 2.24) is 14.9 Å². The molecule has 2 N–H and O–H groups in total. The Morgan fingerprint density at radius 3 is 2.48 bits per heavy atom. The van der Waals surface area contributed by atoms with Gasteiger partial charge in [-0.2, -0.15) is 0 Å². The van der Waals surface area contributed by atoms with E-state index in [1.807, 2.05) is 81.4 Å². The average Bonchev–Trinajstić information content (AvgIpc) is 3.17. The van der Waals surface area contributed by atoms with Gasteiger partial charge in [0.05, 0.1) is 11.4 Å². The van der Waals surface area contributed by atoms with Crippen molar-refractivity contribution in [2.45, 2.75) is 32.5 Å². The number of thioether (sulfide) groups is 1. The number of carbonyl (C=O) groups excluding carboxylic acids is 1. The Morgan fingerprint density at radius 1 is 1.03 bits per heavy atom. The van der Waals surface area contributed by atoms with Gasteiger partial charge in [0.25, 0.3) is 0 Å². The maximum absolute atomic E-state index is 13.1. The van der Waals surface area contributed by atoms with E-state index in [0.717, 1.165) is 33.3 Å². The van der Waals surface area contributed by atoms with Crippen LogP contribution in [0.25, 0.3) is 10.8 Å². The maximum Gasteiger partial charge on any atom is 0.237 e. The van der Waals surface area contributed by atoms with Gasteiger partial charge in [0, 0.05) is 11.9 Å². The Morgan fingerprint density at radius 2 is 1.73 bits per heavy atom. The largest absolute Gasteiger partial charge is 0.485 e. The van der Waals surface area contributed by atoms with E-state index in [0.29, 0.717) is 17.5 Å². The van der Waals surface area contributed by atoms with Crippen LogP contribution in [0.15, 0.2) is 65.8 Å². The number of para-hydroxylation sites is 1. The molecular formula is C25H27N5O2S. The lowest BCUT2D eigenvalue weighted by molar-refractivity contribution is -0.116. The van der Waals surface area contributed by atoms with Crippen molar-refractivity contribution in [2.75, 3.05) is 23.0 Å². The van der Waals surface area contributed by atoms with Crippen LogP contribution in [0.4, 0.5) is 5.69 Å². The van der Waals surface area contributed by atoms with Crippen molar-refractivity contribution in [3.05, 3.63) is 77.6 Å². The van der Waals surface area contributed by atoms with Crippen molar-refractivity contribution in [3.8, 4) is 5.75 Å². The van der Waals surface area contributed by atoms with Gasteiger partial charge in [-0.05, 0) is 43.4 Å². The first kappa shape index (κ1) is 22.7. The summed E-state index contributed by atoms with van der Waals surface area (Å²) in [4.78, 5) is 14.9. The van der Waals surface area contributed by atoms with E-state index in [-0.39, 0.29) is 18.3 Å². The molecule has 33 heavy (non-hydrogen) atoms. The average molecular weight is 462 g/mol. The van der Waals surface area contributed by atoms with Gasteiger partial charge < -0.3 is 15.5 Å². The van der Waals surface area contributed by atoms with Gasteiger partial charge >= 0.3 is 0 Å². The molecule has 0 radical (unpaired) electrons. The molecule has 7 nitrogen and oxygen atoms in total. The summed E-state index contributed by atoms with van der Waals surface area (Å²) in [6, 6.07) is 20.0. The summed E-state index contributed by atoms with van der Waals surface area (Å²) in [7, 11) is 0. The fraction of sp³-hybridized carbons (Fsp3) is 0.240. The molecule has 0 aliphatic heterocycles. The molecule has 1 amide bonds. The number of nitrogens with zero attached hydrogens (tertiary/aromatic N) is 4. The SMILES string of the molecule is CCN(C(=O)CSc1nnc(COc2c(C)cccc2C)n1N)c1cccc2ccccc12. The topological polar surface area (TPSA) is 86.3 Å². The molecule has 8 heteroatoms. The van der Waals surface area contributed by atoms with E-state index in [2.05, 4.69) is 10.2 Å². The number of nitrogen functional groups attached to an aromatic ring is 1. The normalized spacial score (nSPS) is 11.0. The summed E-state index contributed by atoms with van der Waals surface area (Å²) >= 11 is 1.27. The summed E-state index contributed by atoms with van der Waals surface area (Å²) in [6.07, 6.45) is 0. The standard InChI is InChI=1S/C25H27N5O2S/c1-4-29(21-14-8-12-19-11-5-6-13-20(19)21)23(31)16-33-25-28-27-22(30(25)26)15-32-24-17(2)9-7-10-18(24)3/h5-14H,4,15-16,26H2,1-3H3. The second kappa shape index (κ2) is 9.95. The third kappa shape index (κ3) is 4.80. The van der Waals surface area contributed by atoms with Crippen LogP contribution >= 0.6 is 11.8 Å². The molecule has 4 rings (SSSR count). The molecule has 1 heterocycles. The van der Waals surface area contributed by atoms with Crippen molar-refractivity contribution in [2.24, 2.45) is 0 Å². The molecule has 4 aromatic rings. The Labute approximate surface area is 197 Å². The van der Waals surface area contributed by atoms with Gasteiger partial charge in [-0.25, -0.2) is 4.68 Å². The fourth-order valence-corrected chi connectivity index (χ4v) is 4.55. The summed E-state index contributed by atoms with van der Waals surface area (Å²) in [5.41, 5.74) is 3.00. The number of hydrogen-bond donors (Lipinski definition) is 1. The predicted octanol–water partition coefficient (Wildman–Crippen LogP) is 4.49. The van der Waals surface area contributed by atoms with Crippen molar-refractivity contribution in [3.63, 3.8) is 0 Å². The van der Waals surface area contributed by atoms with Crippen LogP contribution in [0.1, 0.15) is 23.9 Å². The van der Waals surface area contributed by atoms with Crippen LogP contribution in [0.3, 0.4) is 0 Å². The third-order valence-electron chi connectivity index (χ3n) is 5.49. The molecule has 0 atom stereocenters. The number of fused-ring (bicyclic) bond motifs is 1. The van der Waals surface area contributed by atoms with Gasteiger partial charge in [0.15, 0.2) is 5.82 Å². The minimum Gasteiger partial charge on any atom is -0.485 e. The smallest absolute Gasteiger partial charge is 0.237 e. The zero-order valence-corrected chi connectivity index (χ0v) is 19.8. The van der Waals surface area contributed by atoms with E-state index >= 15 is 0 Å². The van der Waals surface area contributed by atoms with E-state index in [1.54, 1.807) is 4.90 Å². The molecule has 0 spiro atoms. The third-order valence-corrected chi connectivity index (χ3v) is 6.42. The lowest BCUT2D eigenvalue weighted by atomic mass is 10.1. The number of rotatable bonds is 8. The monoisotopic (exact) mass is 461 g/mol.